The molecule has 0 aromatic heterocycles. The highest BCUT2D eigenvalue weighted by Crippen LogP contribution is 2.28. The van der Waals surface area contributed by atoms with Crippen LogP contribution in [0.2, 0.25) is 0 Å². The number of benzene rings is 1. The molecule has 0 aliphatic carbocycles. The van der Waals surface area contributed by atoms with Crippen molar-refractivity contribution in [2.45, 2.75) is 13.0 Å². The van der Waals surface area contributed by atoms with Gasteiger partial charge in [0.2, 0.25) is 0 Å². The van der Waals surface area contributed by atoms with Crippen LogP contribution in [0.15, 0.2) is 35.3 Å². The first-order valence-electron chi connectivity index (χ1n) is 5.54. The first kappa shape index (κ1) is 14.2. The Bertz CT molecular complexity index is 380. The van der Waals surface area contributed by atoms with Crippen molar-refractivity contribution in [3.63, 3.8) is 0 Å². The maximum absolute atomic E-state index is 9.54. The lowest BCUT2D eigenvalue weighted by molar-refractivity contribution is 0.198. The molecule has 0 bridgehead atoms. The monoisotopic (exact) mass is 299 g/mol. The van der Waals surface area contributed by atoms with Crippen LogP contribution in [0.4, 0.5) is 5.69 Å². The quantitative estimate of drug-likeness (QED) is 0.793. The first-order chi connectivity index (χ1) is 8.10. The van der Waals surface area contributed by atoms with Gasteiger partial charge in [-0.05, 0) is 24.6 Å². The summed E-state index contributed by atoms with van der Waals surface area (Å²) >= 11 is 3.44. The van der Waals surface area contributed by atoms with Gasteiger partial charge in [-0.3, -0.25) is 0 Å². The van der Waals surface area contributed by atoms with E-state index in [0.29, 0.717) is 13.1 Å². The number of aliphatic hydroxyl groups excluding tert-OH is 2. The van der Waals surface area contributed by atoms with Crippen LogP contribution in [0, 0.1) is 0 Å². The van der Waals surface area contributed by atoms with Crippen molar-refractivity contribution in [2.24, 2.45) is 0 Å². The Labute approximate surface area is 111 Å². The zero-order chi connectivity index (χ0) is 12.8. The lowest BCUT2D eigenvalue weighted by atomic mass is 10.1. The van der Waals surface area contributed by atoms with Gasteiger partial charge in [0.25, 0.3) is 0 Å². The van der Waals surface area contributed by atoms with E-state index in [9.17, 15) is 5.11 Å². The highest BCUT2D eigenvalue weighted by atomic mass is 79.9. The number of hydrogen-bond acceptors (Lipinski definition) is 3. The highest BCUT2D eigenvalue weighted by molar-refractivity contribution is 9.10. The number of halogens is 1. The van der Waals surface area contributed by atoms with Gasteiger partial charge in [0, 0.05) is 23.2 Å². The van der Waals surface area contributed by atoms with Gasteiger partial charge in [-0.1, -0.05) is 28.1 Å². The fraction of sp³-hybridized carbons (Fsp3) is 0.385. The molecule has 1 aromatic rings. The van der Waals surface area contributed by atoms with Gasteiger partial charge < -0.3 is 15.1 Å². The second-order valence-corrected chi connectivity index (χ2v) is 4.69. The summed E-state index contributed by atoms with van der Waals surface area (Å²) in [6.07, 6.45) is 1.30. The Morgan fingerprint density at radius 2 is 2.24 bits per heavy atom. The number of nitrogens with zero attached hydrogens (tertiary/aromatic N) is 1. The van der Waals surface area contributed by atoms with Gasteiger partial charge in [0.15, 0.2) is 0 Å². The molecule has 2 N–H and O–H groups in total. The van der Waals surface area contributed by atoms with Crippen LogP contribution in [-0.4, -0.2) is 29.9 Å². The lowest BCUT2D eigenvalue weighted by Gasteiger charge is -2.23. The fourth-order valence-corrected chi connectivity index (χ4v) is 2.35. The van der Waals surface area contributed by atoms with Gasteiger partial charge in [0.1, 0.15) is 0 Å². The molecule has 0 fully saturated rings. The van der Waals surface area contributed by atoms with Crippen LogP contribution in [0.5, 0.6) is 0 Å². The van der Waals surface area contributed by atoms with E-state index in [1.807, 2.05) is 23.1 Å². The topological polar surface area (TPSA) is 43.7 Å². The Morgan fingerprint density at radius 3 is 2.71 bits per heavy atom. The van der Waals surface area contributed by atoms with Gasteiger partial charge in [-0.2, -0.15) is 0 Å². The van der Waals surface area contributed by atoms with Crippen molar-refractivity contribution in [3.05, 3.63) is 40.9 Å². The summed E-state index contributed by atoms with van der Waals surface area (Å²) in [5.74, 6) is 0. The average Bonchev–Trinajstić information content (AvgIpc) is 2.28. The average molecular weight is 300 g/mol. The zero-order valence-electron chi connectivity index (χ0n) is 9.93. The van der Waals surface area contributed by atoms with Crippen molar-refractivity contribution < 1.29 is 10.2 Å². The summed E-state index contributed by atoms with van der Waals surface area (Å²) in [6.45, 7) is 6.78. The molecule has 94 valence electrons. The van der Waals surface area contributed by atoms with Crippen molar-refractivity contribution >= 4 is 21.6 Å². The summed E-state index contributed by atoms with van der Waals surface area (Å²) in [5, 5.41) is 18.6. The summed E-state index contributed by atoms with van der Waals surface area (Å²) in [7, 11) is 0. The molecule has 1 aromatic carbocycles. The summed E-state index contributed by atoms with van der Waals surface area (Å²) in [6, 6.07) is 5.77. The Hall–Kier alpha value is -0.840. The maximum atomic E-state index is 9.54. The van der Waals surface area contributed by atoms with Gasteiger partial charge in [0.05, 0.1) is 12.7 Å². The third kappa shape index (κ3) is 3.84. The molecule has 1 atom stereocenters. The molecule has 0 radical (unpaired) electrons. The molecule has 0 heterocycles. The highest BCUT2D eigenvalue weighted by Gasteiger charge is 2.10. The van der Waals surface area contributed by atoms with E-state index >= 15 is 0 Å². The van der Waals surface area contributed by atoms with E-state index in [-0.39, 0.29) is 6.61 Å². The van der Waals surface area contributed by atoms with E-state index in [1.54, 1.807) is 13.0 Å². The minimum absolute atomic E-state index is 0.101. The molecule has 0 spiro atoms. The molecule has 0 saturated carbocycles. The Balaban J connectivity index is 2.97. The molecule has 17 heavy (non-hydrogen) atoms. The minimum Gasteiger partial charge on any atom is -0.395 e. The summed E-state index contributed by atoms with van der Waals surface area (Å²) in [5.41, 5.74) is 1.85. The van der Waals surface area contributed by atoms with Crippen molar-refractivity contribution in [1.29, 1.82) is 0 Å². The van der Waals surface area contributed by atoms with Gasteiger partial charge in [-0.15, -0.1) is 6.58 Å². The van der Waals surface area contributed by atoms with Gasteiger partial charge in [-0.25, -0.2) is 0 Å². The number of hydrogen-bond donors (Lipinski definition) is 2. The first-order valence-corrected chi connectivity index (χ1v) is 6.33. The number of rotatable bonds is 6. The largest absolute Gasteiger partial charge is 0.395 e. The predicted molar refractivity (Wildman–Crippen MR) is 74.3 cm³/mol. The second-order valence-electron chi connectivity index (χ2n) is 3.84. The molecule has 0 saturated heterocycles. The van der Waals surface area contributed by atoms with E-state index in [1.165, 1.54) is 0 Å². The lowest BCUT2D eigenvalue weighted by Crippen LogP contribution is -2.26. The molecular formula is C13H18BrNO2. The Morgan fingerprint density at radius 1 is 1.53 bits per heavy atom. The van der Waals surface area contributed by atoms with Crippen LogP contribution in [-0.2, 0) is 0 Å². The SMILES string of the molecule is C=CCN(CCO)c1ccc([C@H](C)O)c(Br)c1. The number of anilines is 1. The van der Waals surface area contributed by atoms with Crippen LogP contribution in [0.1, 0.15) is 18.6 Å². The van der Waals surface area contributed by atoms with Crippen molar-refractivity contribution in [1.82, 2.24) is 0 Å². The molecule has 0 aliphatic heterocycles. The third-order valence-electron chi connectivity index (χ3n) is 2.52. The molecule has 4 heteroatoms. The molecule has 0 unspecified atom stereocenters. The van der Waals surface area contributed by atoms with Gasteiger partial charge >= 0.3 is 0 Å². The zero-order valence-corrected chi connectivity index (χ0v) is 11.5. The van der Waals surface area contributed by atoms with Crippen LogP contribution < -0.4 is 4.90 Å². The van der Waals surface area contributed by atoms with E-state index in [2.05, 4.69) is 22.5 Å². The van der Waals surface area contributed by atoms with Crippen LogP contribution >= 0.6 is 15.9 Å². The third-order valence-corrected chi connectivity index (χ3v) is 3.21. The van der Waals surface area contributed by atoms with Crippen LogP contribution in [0.25, 0.3) is 0 Å². The maximum Gasteiger partial charge on any atom is 0.0772 e. The standard InChI is InChI=1S/C13H18BrNO2/c1-3-6-15(7-8-16)11-4-5-12(10(2)17)13(14)9-11/h3-5,9-10,16-17H,1,6-8H2,2H3/t10-/m0/s1. The second kappa shape index (κ2) is 6.79. The van der Waals surface area contributed by atoms with E-state index < -0.39 is 6.10 Å². The normalized spacial score (nSPS) is 12.2. The fourth-order valence-electron chi connectivity index (χ4n) is 1.65. The van der Waals surface area contributed by atoms with Crippen molar-refractivity contribution in [2.75, 3.05) is 24.6 Å². The van der Waals surface area contributed by atoms with Crippen LogP contribution in [0.3, 0.4) is 0 Å². The molecule has 0 aliphatic rings. The minimum atomic E-state index is -0.496. The summed E-state index contributed by atoms with van der Waals surface area (Å²) < 4.78 is 0.872. The van der Waals surface area contributed by atoms with E-state index in [4.69, 9.17) is 5.11 Å². The predicted octanol–water partition coefficient (Wildman–Crippen LogP) is 2.49. The van der Waals surface area contributed by atoms with Crippen molar-refractivity contribution in [3.8, 4) is 0 Å². The Kier molecular flexibility index (Phi) is 5.68. The number of aliphatic hydroxyl groups is 2. The molecular weight excluding hydrogens is 282 g/mol. The molecule has 3 nitrogen and oxygen atoms in total. The molecule has 1 rings (SSSR count). The smallest absolute Gasteiger partial charge is 0.0772 e. The molecule has 0 amide bonds. The van der Waals surface area contributed by atoms with E-state index in [0.717, 1.165) is 15.7 Å². The summed E-state index contributed by atoms with van der Waals surface area (Å²) in [4.78, 5) is 2.02.